The highest BCUT2D eigenvalue weighted by atomic mass is 15.3. The van der Waals surface area contributed by atoms with Crippen molar-refractivity contribution >= 4 is 0 Å². The third-order valence-electron chi connectivity index (χ3n) is 9.55. The van der Waals surface area contributed by atoms with E-state index in [1.165, 1.54) is 45.1 Å². The topological polar surface area (TPSA) is 15.3 Å². The van der Waals surface area contributed by atoms with Gasteiger partial charge < -0.3 is 5.32 Å². The summed E-state index contributed by atoms with van der Waals surface area (Å²) in [5, 5.41) is 3.39. The molecule has 0 spiro atoms. The van der Waals surface area contributed by atoms with Crippen LogP contribution in [-0.2, 0) is 0 Å². The lowest BCUT2D eigenvalue weighted by molar-refractivity contribution is 0.0536. The zero-order chi connectivity index (χ0) is 18.7. The molecule has 1 aliphatic heterocycles. The third kappa shape index (κ3) is 2.58. The van der Waals surface area contributed by atoms with Crippen LogP contribution in [0.5, 0.6) is 0 Å². The van der Waals surface area contributed by atoms with Gasteiger partial charge in [-0.2, -0.15) is 0 Å². The molecule has 9 unspecified atom stereocenters. The van der Waals surface area contributed by atoms with Gasteiger partial charge in [0.1, 0.15) is 0 Å². The summed E-state index contributed by atoms with van der Waals surface area (Å²) < 4.78 is 0. The lowest BCUT2D eigenvalue weighted by Crippen LogP contribution is -2.49. The predicted molar refractivity (Wildman–Crippen MR) is 111 cm³/mol. The molecule has 9 atom stereocenters. The molecule has 4 rings (SSSR count). The van der Waals surface area contributed by atoms with E-state index in [9.17, 15) is 0 Å². The van der Waals surface area contributed by atoms with Crippen molar-refractivity contribution in [2.24, 2.45) is 40.9 Å². The highest BCUT2D eigenvalue weighted by Crippen LogP contribution is 2.69. The minimum Gasteiger partial charge on any atom is -0.320 e. The Morgan fingerprint density at radius 3 is 2.69 bits per heavy atom. The Morgan fingerprint density at radius 1 is 1.19 bits per heavy atom. The Balaban J connectivity index is 1.78. The Labute approximate surface area is 162 Å². The van der Waals surface area contributed by atoms with Crippen molar-refractivity contribution in [3.8, 4) is 0 Å². The van der Waals surface area contributed by atoms with E-state index >= 15 is 0 Å². The molecule has 1 heterocycles. The first-order valence-electron chi connectivity index (χ1n) is 11.4. The van der Waals surface area contributed by atoms with Crippen LogP contribution in [0.15, 0.2) is 12.2 Å². The van der Waals surface area contributed by atoms with E-state index in [1.807, 2.05) is 0 Å². The quantitative estimate of drug-likeness (QED) is 0.564. The molecule has 0 amide bonds. The van der Waals surface area contributed by atoms with Crippen molar-refractivity contribution in [1.29, 1.82) is 0 Å². The normalized spacial score (nSPS) is 53.4. The van der Waals surface area contributed by atoms with Gasteiger partial charge in [0.25, 0.3) is 0 Å². The molecule has 0 radical (unpaired) electrons. The van der Waals surface area contributed by atoms with Crippen LogP contribution in [0.2, 0.25) is 0 Å². The van der Waals surface area contributed by atoms with Crippen LogP contribution in [0.1, 0.15) is 66.2 Å². The second-order valence-electron chi connectivity index (χ2n) is 10.9. The third-order valence-corrected chi connectivity index (χ3v) is 9.55. The summed E-state index contributed by atoms with van der Waals surface area (Å²) in [5.74, 6) is 5.02. The fourth-order valence-corrected chi connectivity index (χ4v) is 8.10. The maximum atomic E-state index is 3.39. The molecule has 3 aliphatic carbocycles. The summed E-state index contributed by atoms with van der Waals surface area (Å²) in [5.41, 5.74) is 1.00. The van der Waals surface area contributed by atoms with Crippen molar-refractivity contribution in [3.63, 3.8) is 0 Å². The van der Waals surface area contributed by atoms with E-state index in [-0.39, 0.29) is 0 Å². The first-order chi connectivity index (χ1) is 12.3. The number of allylic oxidation sites excluding steroid dienone is 1. The highest BCUT2D eigenvalue weighted by molar-refractivity contribution is 5.25. The summed E-state index contributed by atoms with van der Waals surface area (Å²) in [6.45, 7) is 11.4. The van der Waals surface area contributed by atoms with E-state index in [4.69, 9.17) is 0 Å². The molecule has 0 aromatic rings. The van der Waals surface area contributed by atoms with Gasteiger partial charge in [0, 0.05) is 11.6 Å². The molecule has 26 heavy (non-hydrogen) atoms. The van der Waals surface area contributed by atoms with E-state index in [1.54, 1.807) is 0 Å². The summed E-state index contributed by atoms with van der Waals surface area (Å²) in [7, 11) is 4.61. The molecular weight excluding hydrogens is 316 g/mol. The smallest absolute Gasteiger partial charge is 0.0252 e. The van der Waals surface area contributed by atoms with Crippen molar-refractivity contribution in [1.82, 2.24) is 10.2 Å². The average Bonchev–Trinajstić information content (AvgIpc) is 2.94. The van der Waals surface area contributed by atoms with Gasteiger partial charge in [0.2, 0.25) is 0 Å². The molecule has 0 aromatic heterocycles. The Kier molecular flexibility index (Phi) is 4.84. The van der Waals surface area contributed by atoms with Crippen LogP contribution in [0, 0.1) is 40.9 Å². The van der Waals surface area contributed by atoms with Crippen LogP contribution in [0.4, 0.5) is 0 Å². The molecule has 1 N–H and O–H groups in total. The van der Waals surface area contributed by atoms with Gasteiger partial charge >= 0.3 is 0 Å². The van der Waals surface area contributed by atoms with Crippen LogP contribution in [0.25, 0.3) is 0 Å². The monoisotopic (exact) mass is 358 g/mol. The van der Waals surface area contributed by atoms with E-state index in [2.05, 4.69) is 64.2 Å². The molecule has 4 aliphatic rings. The number of likely N-dealkylation sites (tertiary alicyclic amines) is 1. The van der Waals surface area contributed by atoms with Gasteiger partial charge in [-0.15, -0.1) is 0 Å². The van der Waals surface area contributed by atoms with E-state index in [0.29, 0.717) is 11.0 Å². The van der Waals surface area contributed by atoms with Crippen molar-refractivity contribution < 1.29 is 0 Å². The first-order valence-corrected chi connectivity index (χ1v) is 11.4. The number of hydrogen-bond donors (Lipinski definition) is 1. The van der Waals surface area contributed by atoms with E-state index < -0.39 is 0 Å². The zero-order valence-electron chi connectivity index (χ0n) is 18.1. The van der Waals surface area contributed by atoms with Crippen molar-refractivity contribution in [2.75, 3.05) is 20.6 Å². The van der Waals surface area contributed by atoms with Crippen molar-refractivity contribution in [3.05, 3.63) is 12.2 Å². The minimum atomic E-state index is 0.474. The lowest BCUT2D eigenvalue weighted by atomic mass is 9.68. The lowest BCUT2D eigenvalue weighted by Gasteiger charge is -2.43. The molecule has 1 saturated heterocycles. The zero-order valence-corrected chi connectivity index (χ0v) is 18.1. The van der Waals surface area contributed by atoms with Crippen LogP contribution in [0.3, 0.4) is 0 Å². The van der Waals surface area contributed by atoms with Crippen LogP contribution < -0.4 is 5.32 Å². The number of nitrogens with zero attached hydrogens (tertiary/aromatic N) is 1. The molecule has 2 saturated carbocycles. The van der Waals surface area contributed by atoms with Gasteiger partial charge in [0.05, 0.1) is 0 Å². The largest absolute Gasteiger partial charge is 0.320 e. The van der Waals surface area contributed by atoms with Crippen molar-refractivity contribution in [2.45, 2.75) is 77.8 Å². The molecule has 4 bridgehead atoms. The second kappa shape index (κ2) is 6.62. The number of nitrogens with one attached hydrogen (secondary N) is 1. The molecule has 2 heteroatoms. The summed E-state index contributed by atoms with van der Waals surface area (Å²) in [6.07, 6.45) is 13.7. The minimum absolute atomic E-state index is 0.474. The maximum absolute atomic E-state index is 3.39. The summed E-state index contributed by atoms with van der Waals surface area (Å²) >= 11 is 0. The van der Waals surface area contributed by atoms with Gasteiger partial charge in [-0.05, 0) is 100 Å². The molecule has 3 fully saturated rings. The number of hydrogen-bond acceptors (Lipinski definition) is 2. The Morgan fingerprint density at radius 2 is 1.96 bits per heavy atom. The van der Waals surface area contributed by atoms with Crippen LogP contribution >= 0.6 is 0 Å². The maximum Gasteiger partial charge on any atom is 0.0252 e. The average molecular weight is 359 g/mol. The fraction of sp³-hybridized carbons (Fsp3) is 0.917. The van der Waals surface area contributed by atoms with E-state index in [0.717, 1.165) is 41.5 Å². The molecule has 2 nitrogen and oxygen atoms in total. The molecule has 148 valence electrons. The predicted octanol–water partition coefficient (Wildman–Crippen LogP) is 4.96. The van der Waals surface area contributed by atoms with Gasteiger partial charge in [-0.3, -0.25) is 4.90 Å². The standard InChI is InChI=1S/C24H42N2/c1-16-8-9-19-21-20-14-17(2)18(3)22(19)26(6)24(21,12-10-16)15-23(20,4)11-7-13-25-5/h8-9,16-22,25H,7,10-15H2,1-6H3. The van der Waals surface area contributed by atoms with Gasteiger partial charge in [-0.25, -0.2) is 0 Å². The Hall–Kier alpha value is -0.340. The highest BCUT2D eigenvalue weighted by Gasteiger charge is 2.69. The SMILES string of the molecule is CNCCCC1(C)CC23CCC(C)C=CC4C(C(C)C(C)CC1C42)N3C. The van der Waals surface area contributed by atoms with Crippen LogP contribution in [-0.4, -0.2) is 37.1 Å². The summed E-state index contributed by atoms with van der Waals surface area (Å²) in [4.78, 5) is 2.93. The summed E-state index contributed by atoms with van der Waals surface area (Å²) in [6, 6.07) is 0.767. The molecular formula is C24H42N2. The van der Waals surface area contributed by atoms with Gasteiger partial charge in [-0.1, -0.05) is 39.8 Å². The Bertz CT molecular complexity index is 556. The van der Waals surface area contributed by atoms with Gasteiger partial charge in [0.15, 0.2) is 0 Å². The number of rotatable bonds is 4. The fourth-order valence-electron chi connectivity index (χ4n) is 8.10. The first kappa shape index (κ1) is 19.0. The second-order valence-corrected chi connectivity index (χ2v) is 10.9. The molecule has 0 aromatic carbocycles.